The van der Waals surface area contributed by atoms with Crippen LogP contribution >= 0.6 is 0 Å². The molecule has 1 saturated heterocycles. The molecule has 1 aromatic heterocycles. The van der Waals surface area contributed by atoms with Gasteiger partial charge in [0.15, 0.2) is 5.96 Å². The van der Waals surface area contributed by atoms with Gasteiger partial charge in [-0.25, -0.2) is 9.37 Å². The lowest BCUT2D eigenvalue weighted by Gasteiger charge is -2.34. The molecule has 1 aromatic carbocycles. The van der Waals surface area contributed by atoms with E-state index < -0.39 is 0 Å². The first kappa shape index (κ1) is 17.0. The summed E-state index contributed by atoms with van der Waals surface area (Å²) in [7, 11) is 1.83. The molecule has 1 aliphatic carbocycles. The first-order valence-corrected chi connectivity index (χ1v) is 9.27. The molecule has 7 heteroatoms. The summed E-state index contributed by atoms with van der Waals surface area (Å²) in [6.45, 7) is 2.68. The minimum Gasteiger partial charge on any atom is -0.355 e. The Morgan fingerprint density at radius 1 is 1.38 bits per heavy atom. The van der Waals surface area contributed by atoms with Crippen molar-refractivity contribution in [2.45, 2.75) is 37.0 Å². The molecule has 26 heavy (non-hydrogen) atoms. The average Bonchev–Trinajstić information content (AvgIpc) is 3.26. The molecule has 0 spiro atoms. The van der Waals surface area contributed by atoms with Crippen LogP contribution in [0.1, 0.15) is 43.0 Å². The first-order chi connectivity index (χ1) is 12.7. The van der Waals surface area contributed by atoms with Crippen LogP contribution in [0.2, 0.25) is 0 Å². The summed E-state index contributed by atoms with van der Waals surface area (Å²) in [6.07, 6.45) is 5.82. The molecular formula is C19H25FN6. The van der Waals surface area contributed by atoms with E-state index in [1.54, 1.807) is 18.5 Å². The highest BCUT2D eigenvalue weighted by atomic mass is 19.1. The average molecular weight is 356 g/mol. The molecule has 0 amide bonds. The van der Waals surface area contributed by atoms with Crippen molar-refractivity contribution in [3.05, 3.63) is 47.8 Å². The van der Waals surface area contributed by atoms with Crippen LogP contribution in [0, 0.1) is 5.82 Å². The van der Waals surface area contributed by atoms with Crippen LogP contribution in [0.5, 0.6) is 0 Å². The van der Waals surface area contributed by atoms with Crippen molar-refractivity contribution in [1.82, 2.24) is 25.4 Å². The Hall–Kier alpha value is -2.44. The number of likely N-dealkylation sites (tertiary alicyclic amines) is 1. The van der Waals surface area contributed by atoms with Gasteiger partial charge >= 0.3 is 0 Å². The van der Waals surface area contributed by atoms with E-state index in [0.29, 0.717) is 5.92 Å². The maximum atomic E-state index is 13.6. The number of hydrogen-bond acceptors (Lipinski definition) is 3. The molecule has 2 N–H and O–H groups in total. The van der Waals surface area contributed by atoms with Crippen molar-refractivity contribution in [3.8, 4) is 0 Å². The summed E-state index contributed by atoms with van der Waals surface area (Å²) >= 11 is 0. The van der Waals surface area contributed by atoms with E-state index in [1.165, 1.54) is 6.07 Å². The fourth-order valence-electron chi connectivity index (χ4n) is 3.89. The van der Waals surface area contributed by atoms with Gasteiger partial charge in [0.05, 0.1) is 0 Å². The quantitative estimate of drug-likeness (QED) is 0.652. The van der Waals surface area contributed by atoms with Gasteiger partial charge in [-0.1, -0.05) is 12.1 Å². The van der Waals surface area contributed by atoms with E-state index in [-0.39, 0.29) is 11.2 Å². The van der Waals surface area contributed by atoms with Gasteiger partial charge in [-0.2, -0.15) is 5.10 Å². The summed E-state index contributed by atoms with van der Waals surface area (Å²) in [5.41, 5.74) is 1.14. The van der Waals surface area contributed by atoms with Crippen LogP contribution in [-0.2, 0) is 5.41 Å². The van der Waals surface area contributed by atoms with Crippen molar-refractivity contribution in [2.24, 2.45) is 4.99 Å². The van der Waals surface area contributed by atoms with Gasteiger partial charge in [0.25, 0.3) is 0 Å². The minimum absolute atomic E-state index is 0.0518. The highest BCUT2D eigenvalue weighted by Crippen LogP contribution is 2.47. The van der Waals surface area contributed by atoms with Gasteiger partial charge in [0, 0.05) is 38.0 Å². The summed E-state index contributed by atoms with van der Waals surface area (Å²) in [4.78, 5) is 11.0. The summed E-state index contributed by atoms with van der Waals surface area (Å²) < 4.78 is 13.6. The lowest BCUT2D eigenvalue weighted by Crippen LogP contribution is -2.47. The summed E-state index contributed by atoms with van der Waals surface area (Å²) in [5, 5.41) is 10.5. The van der Waals surface area contributed by atoms with E-state index in [1.807, 2.05) is 13.1 Å². The van der Waals surface area contributed by atoms with Gasteiger partial charge in [-0.05, 0) is 43.4 Å². The van der Waals surface area contributed by atoms with E-state index in [0.717, 1.165) is 62.7 Å². The topological polar surface area (TPSA) is 69.2 Å². The number of halogens is 1. The molecule has 2 aromatic rings. The molecule has 4 rings (SSSR count). The molecule has 2 heterocycles. The smallest absolute Gasteiger partial charge is 0.193 e. The molecule has 0 bridgehead atoms. The lowest BCUT2D eigenvalue weighted by atomic mass is 9.95. The summed E-state index contributed by atoms with van der Waals surface area (Å²) in [5.74, 6) is 2.20. The van der Waals surface area contributed by atoms with Gasteiger partial charge in [0.2, 0.25) is 0 Å². The number of piperidine rings is 1. The number of H-pyrrole nitrogens is 1. The van der Waals surface area contributed by atoms with E-state index in [2.05, 4.69) is 30.4 Å². The zero-order chi connectivity index (χ0) is 18.0. The van der Waals surface area contributed by atoms with Crippen molar-refractivity contribution in [2.75, 3.05) is 26.7 Å². The van der Waals surface area contributed by atoms with E-state index >= 15 is 0 Å². The predicted molar refractivity (Wildman–Crippen MR) is 98.6 cm³/mol. The number of rotatable bonds is 4. The van der Waals surface area contributed by atoms with Crippen LogP contribution in [0.4, 0.5) is 4.39 Å². The number of nitrogens with one attached hydrogen (secondary N) is 2. The van der Waals surface area contributed by atoms with E-state index in [4.69, 9.17) is 0 Å². The molecule has 2 aliphatic rings. The van der Waals surface area contributed by atoms with Gasteiger partial charge in [-0.3, -0.25) is 10.1 Å². The Morgan fingerprint density at radius 2 is 2.19 bits per heavy atom. The number of guanidine groups is 1. The third-order valence-electron chi connectivity index (χ3n) is 5.70. The Kier molecular flexibility index (Phi) is 4.61. The number of hydrogen-bond donors (Lipinski definition) is 2. The van der Waals surface area contributed by atoms with Gasteiger partial charge in [0.1, 0.15) is 18.0 Å². The summed E-state index contributed by atoms with van der Waals surface area (Å²) in [6, 6.07) is 7.00. The maximum absolute atomic E-state index is 13.6. The number of benzene rings is 1. The SMILES string of the molecule is CN=C(NCC1(c2cccc(F)c2)CC1)N1CCC(c2ncn[nH]2)CC1. The molecule has 138 valence electrons. The van der Waals surface area contributed by atoms with Crippen LogP contribution in [0.3, 0.4) is 0 Å². The second-order valence-electron chi connectivity index (χ2n) is 7.32. The van der Waals surface area contributed by atoms with Crippen LogP contribution in [0.25, 0.3) is 0 Å². The molecule has 0 radical (unpaired) electrons. The van der Waals surface area contributed by atoms with Crippen molar-refractivity contribution < 1.29 is 4.39 Å². The Balaban J connectivity index is 1.34. The van der Waals surface area contributed by atoms with Crippen LogP contribution in [0.15, 0.2) is 35.6 Å². The highest BCUT2D eigenvalue weighted by Gasteiger charge is 2.44. The highest BCUT2D eigenvalue weighted by molar-refractivity contribution is 5.80. The normalized spacial score (nSPS) is 20.2. The van der Waals surface area contributed by atoms with Gasteiger partial charge in [-0.15, -0.1) is 0 Å². The Labute approximate surface area is 152 Å². The first-order valence-electron chi connectivity index (χ1n) is 9.27. The van der Waals surface area contributed by atoms with Gasteiger partial charge < -0.3 is 10.2 Å². The number of aliphatic imine (C=N–C) groups is 1. The molecular weight excluding hydrogens is 331 g/mol. The molecule has 1 aliphatic heterocycles. The zero-order valence-electron chi connectivity index (χ0n) is 15.1. The van der Waals surface area contributed by atoms with Crippen molar-refractivity contribution >= 4 is 5.96 Å². The number of aromatic amines is 1. The number of nitrogens with zero attached hydrogens (tertiary/aromatic N) is 4. The molecule has 2 fully saturated rings. The molecule has 6 nitrogen and oxygen atoms in total. The predicted octanol–water partition coefficient (Wildman–Crippen LogP) is 2.43. The maximum Gasteiger partial charge on any atom is 0.193 e. The van der Waals surface area contributed by atoms with Crippen LogP contribution < -0.4 is 5.32 Å². The third-order valence-corrected chi connectivity index (χ3v) is 5.70. The van der Waals surface area contributed by atoms with Crippen LogP contribution in [-0.4, -0.2) is 52.7 Å². The standard InChI is InChI=1S/C19H25FN6/c1-21-18(26-9-5-14(6-10-26)17-23-13-24-25-17)22-12-19(7-8-19)15-3-2-4-16(20)11-15/h2-4,11,13-14H,5-10,12H2,1H3,(H,21,22)(H,23,24,25). The van der Waals surface area contributed by atoms with Crippen molar-refractivity contribution in [1.29, 1.82) is 0 Å². The van der Waals surface area contributed by atoms with Crippen molar-refractivity contribution in [3.63, 3.8) is 0 Å². The Morgan fingerprint density at radius 3 is 2.81 bits per heavy atom. The molecule has 0 unspecified atom stereocenters. The Bertz CT molecular complexity index is 760. The fourth-order valence-corrected chi connectivity index (χ4v) is 3.89. The van der Waals surface area contributed by atoms with E-state index in [9.17, 15) is 4.39 Å². The fraction of sp³-hybridized carbons (Fsp3) is 0.526. The minimum atomic E-state index is -0.160. The largest absolute Gasteiger partial charge is 0.355 e. The molecule has 1 saturated carbocycles. The zero-order valence-corrected chi connectivity index (χ0v) is 15.1. The number of aromatic nitrogens is 3. The lowest BCUT2D eigenvalue weighted by molar-refractivity contribution is 0.298. The monoisotopic (exact) mass is 356 g/mol. The molecule has 0 atom stereocenters. The second-order valence-corrected chi connectivity index (χ2v) is 7.32. The second kappa shape index (κ2) is 7.05. The third kappa shape index (κ3) is 3.43.